The smallest absolute Gasteiger partial charge is 0.277 e. The van der Waals surface area contributed by atoms with Gasteiger partial charge in [-0.1, -0.05) is 47.7 Å². The molecule has 0 aliphatic carbocycles. The first-order chi connectivity index (χ1) is 15.1. The molecule has 4 aromatic rings. The van der Waals surface area contributed by atoms with Crippen molar-refractivity contribution in [1.29, 1.82) is 0 Å². The summed E-state index contributed by atoms with van der Waals surface area (Å²) in [6.07, 6.45) is 3.62. The highest BCUT2D eigenvalue weighted by atomic mass is 16.2. The van der Waals surface area contributed by atoms with Crippen LogP contribution >= 0.6 is 0 Å². The molecule has 0 atom stereocenters. The van der Waals surface area contributed by atoms with E-state index < -0.39 is 0 Å². The van der Waals surface area contributed by atoms with Crippen LogP contribution in [-0.2, 0) is 24.4 Å². The number of nitrogens with zero attached hydrogens (tertiary/aromatic N) is 5. The SMILES string of the molecule is Cc1ccccc1CN(Cc1cccnc1)C(=O)CCn1nnc2ccccc2c1=O. The maximum absolute atomic E-state index is 13.2. The van der Waals surface area contributed by atoms with E-state index >= 15 is 0 Å². The van der Waals surface area contributed by atoms with Crippen LogP contribution in [0.5, 0.6) is 0 Å². The van der Waals surface area contributed by atoms with E-state index in [0.717, 1.165) is 16.7 Å². The molecule has 0 radical (unpaired) electrons. The zero-order valence-corrected chi connectivity index (χ0v) is 17.3. The predicted octanol–water partition coefficient (Wildman–Crippen LogP) is 3.11. The molecular weight excluding hydrogens is 390 g/mol. The fourth-order valence-corrected chi connectivity index (χ4v) is 3.47. The fraction of sp³-hybridized carbons (Fsp3) is 0.208. The highest BCUT2D eigenvalue weighted by molar-refractivity contribution is 5.77. The average molecular weight is 413 g/mol. The molecule has 2 aromatic carbocycles. The molecule has 7 heteroatoms. The van der Waals surface area contributed by atoms with E-state index in [1.54, 1.807) is 35.5 Å². The maximum atomic E-state index is 13.2. The number of aromatic nitrogens is 4. The van der Waals surface area contributed by atoms with Crippen molar-refractivity contribution in [2.75, 3.05) is 0 Å². The van der Waals surface area contributed by atoms with Crippen molar-refractivity contribution in [3.8, 4) is 0 Å². The lowest BCUT2D eigenvalue weighted by atomic mass is 10.1. The number of carbonyl (C=O) groups is 1. The highest BCUT2D eigenvalue weighted by Crippen LogP contribution is 2.14. The van der Waals surface area contributed by atoms with Gasteiger partial charge in [0, 0.05) is 31.9 Å². The quantitative estimate of drug-likeness (QED) is 0.465. The van der Waals surface area contributed by atoms with Gasteiger partial charge < -0.3 is 4.90 Å². The largest absolute Gasteiger partial charge is 0.334 e. The third kappa shape index (κ3) is 4.83. The van der Waals surface area contributed by atoms with Crippen LogP contribution in [0.15, 0.2) is 77.9 Å². The molecule has 0 saturated carbocycles. The van der Waals surface area contributed by atoms with Crippen molar-refractivity contribution in [2.24, 2.45) is 0 Å². The summed E-state index contributed by atoms with van der Waals surface area (Å²) in [5, 5.41) is 8.58. The van der Waals surface area contributed by atoms with Gasteiger partial charge in [-0.25, -0.2) is 4.68 Å². The monoisotopic (exact) mass is 413 g/mol. The van der Waals surface area contributed by atoms with Crippen LogP contribution in [0.25, 0.3) is 10.9 Å². The normalized spacial score (nSPS) is 10.9. The Labute approximate surface area is 180 Å². The Kier molecular flexibility index (Phi) is 6.12. The van der Waals surface area contributed by atoms with Gasteiger partial charge in [-0.2, -0.15) is 0 Å². The summed E-state index contributed by atoms with van der Waals surface area (Å²) in [6, 6.07) is 18.9. The summed E-state index contributed by atoms with van der Waals surface area (Å²) in [5.41, 5.74) is 3.47. The number of fused-ring (bicyclic) bond motifs is 1. The minimum absolute atomic E-state index is 0.0611. The zero-order valence-electron chi connectivity index (χ0n) is 17.3. The number of amides is 1. The molecule has 0 fully saturated rings. The topological polar surface area (TPSA) is 81.0 Å². The molecule has 156 valence electrons. The van der Waals surface area contributed by atoms with E-state index in [1.807, 2.05) is 49.4 Å². The minimum Gasteiger partial charge on any atom is -0.334 e. The molecule has 0 spiro atoms. The van der Waals surface area contributed by atoms with E-state index in [-0.39, 0.29) is 24.4 Å². The summed E-state index contributed by atoms with van der Waals surface area (Å²) in [5.74, 6) is -0.0611. The standard InChI is InChI=1S/C24H23N5O2/c1-18-7-2-3-9-20(18)17-28(16-19-8-6-13-25-15-19)23(30)12-14-29-24(31)21-10-4-5-11-22(21)26-27-29/h2-11,13,15H,12,14,16-17H2,1H3. The second kappa shape index (κ2) is 9.30. The lowest BCUT2D eigenvalue weighted by Gasteiger charge is -2.24. The van der Waals surface area contributed by atoms with Crippen LogP contribution in [0.3, 0.4) is 0 Å². The van der Waals surface area contributed by atoms with E-state index in [4.69, 9.17) is 0 Å². The van der Waals surface area contributed by atoms with Gasteiger partial charge in [0.05, 0.1) is 11.9 Å². The Morgan fingerprint density at radius 2 is 1.81 bits per heavy atom. The van der Waals surface area contributed by atoms with Crippen LogP contribution in [0.2, 0.25) is 0 Å². The molecule has 0 unspecified atom stereocenters. The van der Waals surface area contributed by atoms with Crippen LogP contribution < -0.4 is 5.56 Å². The summed E-state index contributed by atoms with van der Waals surface area (Å²) >= 11 is 0. The van der Waals surface area contributed by atoms with Gasteiger partial charge in [0.1, 0.15) is 5.52 Å². The second-order valence-corrected chi connectivity index (χ2v) is 7.42. The van der Waals surface area contributed by atoms with Crippen molar-refractivity contribution in [3.05, 3.63) is 100 Å². The summed E-state index contributed by atoms with van der Waals surface area (Å²) in [6.45, 7) is 3.14. The molecule has 0 aliphatic heterocycles. The van der Waals surface area contributed by atoms with Gasteiger partial charge in [-0.3, -0.25) is 14.6 Å². The summed E-state index contributed by atoms with van der Waals surface area (Å²) in [7, 11) is 0. The average Bonchev–Trinajstić information content (AvgIpc) is 2.80. The number of carbonyl (C=O) groups excluding carboxylic acids is 1. The maximum Gasteiger partial charge on any atom is 0.277 e. The lowest BCUT2D eigenvalue weighted by molar-refractivity contribution is -0.132. The van der Waals surface area contributed by atoms with E-state index in [0.29, 0.717) is 24.0 Å². The molecule has 0 bridgehead atoms. The molecule has 1 amide bonds. The molecule has 2 aromatic heterocycles. The van der Waals surface area contributed by atoms with Gasteiger partial charge >= 0.3 is 0 Å². The Hall–Kier alpha value is -3.87. The molecule has 0 N–H and O–H groups in total. The van der Waals surface area contributed by atoms with Crippen molar-refractivity contribution >= 4 is 16.8 Å². The first-order valence-corrected chi connectivity index (χ1v) is 10.2. The Morgan fingerprint density at radius 1 is 1.00 bits per heavy atom. The van der Waals surface area contributed by atoms with E-state index in [2.05, 4.69) is 15.3 Å². The number of pyridine rings is 1. The molecule has 4 rings (SSSR count). The predicted molar refractivity (Wildman–Crippen MR) is 118 cm³/mol. The molecule has 0 aliphatic rings. The highest BCUT2D eigenvalue weighted by Gasteiger charge is 2.17. The van der Waals surface area contributed by atoms with Crippen LogP contribution in [0.4, 0.5) is 0 Å². The number of benzene rings is 2. The van der Waals surface area contributed by atoms with Crippen LogP contribution in [-0.4, -0.2) is 30.8 Å². The Balaban J connectivity index is 1.53. The van der Waals surface area contributed by atoms with Gasteiger partial charge in [-0.05, 0) is 41.8 Å². The third-order valence-corrected chi connectivity index (χ3v) is 5.24. The molecule has 31 heavy (non-hydrogen) atoms. The number of hydrogen-bond donors (Lipinski definition) is 0. The van der Waals surface area contributed by atoms with Crippen molar-refractivity contribution in [3.63, 3.8) is 0 Å². The fourth-order valence-electron chi connectivity index (χ4n) is 3.47. The van der Waals surface area contributed by atoms with Crippen LogP contribution in [0.1, 0.15) is 23.1 Å². The van der Waals surface area contributed by atoms with Crippen molar-refractivity contribution < 1.29 is 4.79 Å². The zero-order chi connectivity index (χ0) is 21.6. The van der Waals surface area contributed by atoms with Gasteiger partial charge in [0.25, 0.3) is 5.56 Å². The van der Waals surface area contributed by atoms with Crippen molar-refractivity contribution in [1.82, 2.24) is 24.9 Å². The summed E-state index contributed by atoms with van der Waals surface area (Å²) in [4.78, 5) is 31.8. The Bertz CT molecular complexity index is 1250. The minimum atomic E-state index is -0.240. The lowest BCUT2D eigenvalue weighted by Crippen LogP contribution is -2.33. The number of rotatable bonds is 7. The third-order valence-electron chi connectivity index (χ3n) is 5.24. The van der Waals surface area contributed by atoms with Gasteiger partial charge in [0.2, 0.25) is 5.91 Å². The Morgan fingerprint density at radius 3 is 2.61 bits per heavy atom. The molecule has 0 saturated heterocycles. The van der Waals surface area contributed by atoms with Gasteiger partial charge in [0.15, 0.2) is 0 Å². The molecule has 7 nitrogen and oxygen atoms in total. The first kappa shape index (κ1) is 20.4. The summed E-state index contributed by atoms with van der Waals surface area (Å²) < 4.78 is 1.26. The van der Waals surface area contributed by atoms with E-state index in [1.165, 1.54) is 4.68 Å². The van der Waals surface area contributed by atoms with Crippen molar-refractivity contribution in [2.45, 2.75) is 33.0 Å². The second-order valence-electron chi connectivity index (χ2n) is 7.42. The van der Waals surface area contributed by atoms with Gasteiger partial charge in [-0.15, -0.1) is 5.10 Å². The molecular formula is C24H23N5O2. The number of hydrogen-bond acceptors (Lipinski definition) is 5. The molecule has 2 heterocycles. The first-order valence-electron chi connectivity index (χ1n) is 10.2. The van der Waals surface area contributed by atoms with Crippen LogP contribution in [0, 0.1) is 6.92 Å². The van der Waals surface area contributed by atoms with E-state index in [9.17, 15) is 9.59 Å². The number of aryl methyl sites for hydroxylation is 2.